The first kappa shape index (κ1) is 15.5. The van der Waals surface area contributed by atoms with Crippen LogP contribution in [0.4, 0.5) is 0 Å². The van der Waals surface area contributed by atoms with E-state index in [4.69, 9.17) is 9.47 Å². The van der Waals surface area contributed by atoms with Gasteiger partial charge in [0.1, 0.15) is 0 Å². The van der Waals surface area contributed by atoms with Crippen LogP contribution in [0.1, 0.15) is 43.2 Å². The molecule has 0 amide bonds. The molecule has 5 heteroatoms. The monoisotopic (exact) mass is 355 g/mol. The fraction of sp³-hybridized carbons (Fsp3) is 0.667. The molecule has 1 N–H and O–H groups in total. The minimum Gasteiger partial charge on any atom is -0.493 e. The van der Waals surface area contributed by atoms with Crippen LogP contribution < -0.4 is 9.47 Å². The van der Waals surface area contributed by atoms with E-state index in [1.54, 1.807) is 7.11 Å². The predicted molar refractivity (Wildman–Crippen MR) is 94.7 cm³/mol. The van der Waals surface area contributed by atoms with Gasteiger partial charge in [0.05, 0.1) is 18.1 Å². The summed E-state index contributed by atoms with van der Waals surface area (Å²) in [5.41, 5.74) is 0.821. The lowest BCUT2D eigenvalue weighted by Gasteiger charge is -2.62. The summed E-state index contributed by atoms with van der Waals surface area (Å²) in [6.45, 7) is 2.02. The van der Waals surface area contributed by atoms with E-state index < -0.39 is 17.1 Å². The van der Waals surface area contributed by atoms with Gasteiger partial charge in [-0.05, 0) is 56.2 Å². The summed E-state index contributed by atoms with van der Waals surface area (Å²) >= 11 is 0. The molecule has 2 aliphatic heterocycles. The summed E-state index contributed by atoms with van der Waals surface area (Å²) in [6, 6.07) is 4.16. The lowest BCUT2D eigenvalue weighted by molar-refractivity contribution is -0.188. The number of aliphatic hydroxyl groups is 1. The summed E-state index contributed by atoms with van der Waals surface area (Å²) in [6.07, 6.45) is 4.65. The topological polar surface area (TPSA) is 59.0 Å². The van der Waals surface area contributed by atoms with Crippen molar-refractivity contribution in [2.24, 2.45) is 5.92 Å². The summed E-state index contributed by atoms with van der Waals surface area (Å²) < 4.78 is 11.8. The van der Waals surface area contributed by atoms with Gasteiger partial charge < -0.3 is 14.6 Å². The number of ether oxygens (including phenoxy) is 2. The highest BCUT2D eigenvalue weighted by atomic mass is 16.5. The Morgan fingerprint density at radius 2 is 2.19 bits per heavy atom. The minimum atomic E-state index is -0.886. The zero-order chi connectivity index (χ0) is 17.7. The molecule has 3 fully saturated rings. The van der Waals surface area contributed by atoms with Gasteiger partial charge in [0.25, 0.3) is 0 Å². The highest BCUT2D eigenvalue weighted by Gasteiger charge is 2.73. The van der Waals surface area contributed by atoms with Gasteiger partial charge in [0, 0.05) is 24.6 Å². The van der Waals surface area contributed by atoms with E-state index in [0.717, 1.165) is 37.4 Å². The molecule has 0 aromatic heterocycles. The van der Waals surface area contributed by atoms with Crippen molar-refractivity contribution in [3.8, 4) is 11.5 Å². The second kappa shape index (κ2) is 4.82. The Bertz CT molecular complexity index is 818. The SMILES string of the molecule is COc1ccc2c3c1OC1C(=O)CCC4(O)C(C2)N(CC2CC2)CC[C@]314. The van der Waals surface area contributed by atoms with Crippen molar-refractivity contribution >= 4 is 5.78 Å². The molecule has 5 nitrogen and oxygen atoms in total. The Labute approximate surface area is 153 Å². The van der Waals surface area contributed by atoms with Gasteiger partial charge in [-0.15, -0.1) is 0 Å². The zero-order valence-electron chi connectivity index (χ0n) is 15.2. The van der Waals surface area contributed by atoms with E-state index >= 15 is 0 Å². The summed E-state index contributed by atoms with van der Waals surface area (Å²) in [5, 5.41) is 12.1. The molecule has 4 atom stereocenters. The van der Waals surface area contributed by atoms with E-state index in [1.165, 1.54) is 18.4 Å². The molecule has 0 radical (unpaired) electrons. The van der Waals surface area contributed by atoms with Crippen molar-refractivity contribution in [3.05, 3.63) is 23.3 Å². The van der Waals surface area contributed by atoms with Gasteiger partial charge in [0.2, 0.25) is 0 Å². The third kappa shape index (κ3) is 1.63. The van der Waals surface area contributed by atoms with Crippen molar-refractivity contribution in [1.29, 1.82) is 0 Å². The van der Waals surface area contributed by atoms with Crippen molar-refractivity contribution in [1.82, 2.24) is 4.90 Å². The molecule has 3 aliphatic carbocycles. The Morgan fingerprint density at radius 1 is 1.35 bits per heavy atom. The van der Waals surface area contributed by atoms with Crippen LogP contribution >= 0.6 is 0 Å². The summed E-state index contributed by atoms with van der Waals surface area (Å²) in [5.74, 6) is 2.32. The van der Waals surface area contributed by atoms with Crippen molar-refractivity contribution in [3.63, 3.8) is 0 Å². The highest BCUT2D eigenvalue weighted by molar-refractivity contribution is 5.90. The average molecular weight is 355 g/mol. The molecule has 2 heterocycles. The van der Waals surface area contributed by atoms with Crippen LogP contribution in [-0.4, -0.2) is 53.7 Å². The van der Waals surface area contributed by atoms with E-state index in [1.807, 2.05) is 6.07 Å². The lowest BCUT2D eigenvalue weighted by Crippen LogP contribution is -2.76. The fourth-order valence-corrected chi connectivity index (χ4v) is 6.41. The Hall–Kier alpha value is -1.59. The second-order valence-electron chi connectivity index (χ2n) is 8.90. The maximum absolute atomic E-state index is 12.8. The number of rotatable bonds is 3. The Kier molecular flexibility index (Phi) is 2.86. The largest absolute Gasteiger partial charge is 0.493 e. The number of ketones is 1. The van der Waals surface area contributed by atoms with Crippen LogP contribution in [0.25, 0.3) is 0 Å². The molecule has 1 saturated heterocycles. The highest BCUT2D eigenvalue weighted by Crippen LogP contribution is 2.65. The van der Waals surface area contributed by atoms with Gasteiger partial charge >= 0.3 is 0 Å². The number of carbonyl (C=O) groups excluding carboxylic acids is 1. The average Bonchev–Trinajstić information content (AvgIpc) is 3.37. The molecule has 138 valence electrons. The molecule has 1 aromatic rings. The van der Waals surface area contributed by atoms with Crippen molar-refractivity contribution in [2.45, 2.75) is 61.7 Å². The molecule has 2 saturated carbocycles. The van der Waals surface area contributed by atoms with Crippen LogP contribution in [0.15, 0.2) is 12.1 Å². The second-order valence-corrected chi connectivity index (χ2v) is 8.90. The molecule has 2 bridgehead atoms. The van der Waals surface area contributed by atoms with Crippen LogP contribution in [0.3, 0.4) is 0 Å². The molecular weight excluding hydrogens is 330 g/mol. The van der Waals surface area contributed by atoms with Crippen LogP contribution in [-0.2, 0) is 16.6 Å². The molecule has 6 rings (SSSR count). The van der Waals surface area contributed by atoms with Gasteiger partial charge in [-0.3, -0.25) is 9.69 Å². The number of hydrogen-bond donors (Lipinski definition) is 1. The lowest BCUT2D eigenvalue weighted by atomic mass is 9.49. The number of carbonyl (C=O) groups is 1. The molecule has 1 spiro atoms. The Balaban J connectivity index is 1.57. The van der Waals surface area contributed by atoms with Gasteiger partial charge in [-0.1, -0.05) is 6.07 Å². The predicted octanol–water partition coefficient (Wildman–Crippen LogP) is 1.83. The van der Waals surface area contributed by atoms with Gasteiger partial charge in [-0.25, -0.2) is 0 Å². The standard InChI is InChI=1S/C21H25NO4/c1-25-15-5-4-13-10-16-21(24)7-6-14(23)19-20(21,17(13)18(15)26-19)8-9-22(16)11-12-2-3-12/h4-5,12,16,19,24H,2-3,6-11H2,1H3/t16?,19?,20-,21?/m0/s1. The van der Waals surface area contributed by atoms with Crippen LogP contribution in [0.5, 0.6) is 11.5 Å². The van der Waals surface area contributed by atoms with Crippen molar-refractivity contribution in [2.75, 3.05) is 20.2 Å². The maximum atomic E-state index is 12.8. The number of hydrogen-bond acceptors (Lipinski definition) is 5. The number of likely N-dealkylation sites (tertiary alicyclic amines) is 1. The minimum absolute atomic E-state index is 0.0860. The summed E-state index contributed by atoms with van der Waals surface area (Å²) in [4.78, 5) is 15.4. The van der Waals surface area contributed by atoms with Gasteiger partial charge in [-0.2, -0.15) is 0 Å². The smallest absolute Gasteiger partial charge is 0.174 e. The third-order valence-corrected chi connectivity index (χ3v) is 7.76. The number of Topliss-reactive ketones (excluding diaryl/α,β-unsaturated/α-hetero) is 1. The number of piperidine rings is 1. The van der Waals surface area contributed by atoms with Crippen LogP contribution in [0.2, 0.25) is 0 Å². The first-order chi connectivity index (χ1) is 12.6. The molecule has 26 heavy (non-hydrogen) atoms. The molecule has 5 aliphatic rings. The first-order valence-electron chi connectivity index (χ1n) is 9.94. The van der Waals surface area contributed by atoms with Gasteiger partial charge in [0.15, 0.2) is 23.4 Å². The summed E-state index contributed by atoms with van der Waals surface area (Å²) in [7, 11) is 1.64. The van der Waals surface area contributed by atoms with Crippen LogP contribution in [0, 0.1) is 5.92 Å². The van der Waals surface area contributed by atoms with Crippen molar-refractivity contribution < 1.29 is 19.4 Å². The molecule has 3 unspecified atom stereocenters. The first-order valence-corrected chi connectivity index (χ1v) is 9.94. The number of methoxy groups -OCH3 is 1. The fourth-order valence-electron chi connectivity index (χ4n) is 6.41. The maximum Gasteiger partial charge on any atom is 0.174 e. The molecular formula is C21H25NO4. The van der Waals surface area contributed by atoms with E-state index in [-0.39, 0.29) is 11.8 Å². The Morgan fingerprint density at radius 3 is 2.96 bits per heavy atom. The zero-order valence-corrected chi connectivity index (χ0v) is 15.2. The quantitative estimate of drug-likeness (QED) is 0.896. The number of nitrogens with zero attached hydrogens (tertiary/aromatic N) is 1. The van der Waals surface area contributed by atoms with E-state index in [2.05, 4.69) is 11.0 Å². The number of benzene rings is 1. The van der Waals surface area contributed by atoms with E-state index in [0.29, 0.717) is 24.3 Å². The normalized spacial score (nSPS) is 40.2. The third-order valence-electron chi connectivity index (χ3n) is 7.76. The molecule has 1 aromatic carbocycles. The van der Waals surface area contributed by atoms with E-state index in [9.17, 15) is 9.90 Å².